The number of rotatable bonds is 8. The van der Waals surface area contributed by atoms with Crippen LogP contribution in [0.2, 0.25) is 0 Å². The largest absolute Gasteiger partial charge is 0.487 e. The predicted molar refractivity (Wildman–Crippen MR) is 145 cm³/mol. The van der Waals surface area contributed by atoms with Crippen LogP contribution in [0.15, 0.2) is 48.8 Å². The number of nitrogens with one attached hydrogen (secondary N) is 1. The van der Waals surface area contributed by atoms with Crippen molar-refractivity contribution in [1.29, 1.82) is 5.26 Å². The first kappa shape index (κ1) is 26.9. The topological polar surface area (TPSA) is 114 Å². The van der Waals surface area contributed by atoms with Gasteiger partial charge in [0.15, 0.2) is 5.82 Å². The molecule has 2 aliphatic rings. The number of β-amino-alcohol motifs (C(OH)–C–C–N with tert-alkyl or cyclic N) is 1. The molecule has 2 atom stereocenters. The van der Waals surface area contributed by atoms with Crippen LogP contribution in [-0.4, -0.2) is 94.7 Å². The molecule has 0 bridgehead atoms. The number of benzene rings is 2. The summed E-state index contributed by atoms with van der Waals surface area (Å²) in [5.74, 6) is 1.31. The Kier molecular flexibility index (Phi) is 8.58. The van der Waals surface area contributed by atoms with Gasteiger partial charge in [0.2, 0.25) is 5.95 Å². The lowest BCUT2D eigenvalue weighted by molar-refractivity contribution is 0.0726. The van der Waals surface area contributed by atoms with Crippen LogP contribution in [-0.2, 0) is 0 Å². The van der Waals surface area contributed by atoms with Crippen LogP contribution >= 0.6 is 0 Å². The molecular weight excluding hydrogens is 499 g/mol. The summed E-state index contributed by atoms with van der Waals surface area (Å²) < 4.78 is 20.4. The molecule has 2 N–H and O–H groups in total. The molecule has 1 aromatic heterocycles. The molecule has 10 nitrogen and oxygen atoms in total. The fraction of sp³-hybridized carbons (Fsp3) is 0.429. The van der Waals surface area contributed by atoms with E-state index >= 15 is 0 Å². The number of piperidine rings is 1. The van der Waals surface area contributed by atoms with Crippen molar-refractivity contribution in [3.63, 3.8) is 0 Å². The van der Waals surface area contributed by atoms with Gasteiger partial charge >= 0.3 is 0 Å². The SMILES string of the molecule is Cc1cc(-c2ncnc(N(c3ccccc3)N3CCN(CCO)CC3)n2)c(C#N)cc1O[C@H]1CCNC[C@H]1F. The molecule has 3 heterocycles. The number of para-hydroxylation sites is 1. The number of piperazine rings is 1. The number of nitrogens with zero attached hydrogens (tertiary/aromatic N) is 7. The van der Waals surface area contributed by atoms with E-state index in [9.17, 15) is 14.8 Å². The fourth-order valence-electron chi connectivity index (χ4n) is 4.98. The third-order valence-electron chi connectivity index (χ3n) is 7.10. The van der Waals surface area contributed by atoms with Crippen molar-refractivity contribution in [3.05, 3.63) is 59.9 Å². The molecule has 2 aliphatic heterocycles. The number of alkyl halides is 1. The number of aryl methyl sites for hydroxylation is 1. The number of hydrogen-bond acceptors (Lipinski definition) is 10. The van der Waals surface area contributed by atoms with Crippen LogP contribution in [0, 0.1) is 18.3 Å². The minimum atomic E-state index is -1.11. The standard InChI is InChI=1S/C28H33FN8O2/c1-20-15-23(21(17-30)16-26(20)39-25-7-8-31-18-24(25)29)27-32-19-33-28(34-27)37(22-5-3-2-4-6-22)36-11-9-35(10-12-36)13-14-38/h2-6,15-16,19,24-25,31,38H,7-14,18H2,1H3/t24-,25+/m1/s1. The zero-order valence-electron chi connectivity index (χ0n) is 22.0. The van der Waals surface area contributed by atoms with Crippen molar-refractivity contribution in [3.8, 4) is 23.2 Å². The lowest BCUT2D eigenvalue weighted by atomic mass is 10.0. The second-order valence-electron chi connectivity index (χ2n) is 9.72. The molecule has 39 heavy (non-hydrogen) atoms. The quantitative estimate of drug-likeness (QED) is 0.449. The zero-order valence-corrected chi connectivity index (χ0v) is 22.0. The molecule has 0 spiro atoms. The third kappa shape index (κ3) is 6.15. The highest BCUT2D eigenvalue weighted by Crippen LogP contribution is 2.32. The normalized spacial score (nSPS) is 20.4. The second-order valence-corrected chi connectivity index (χ2v) is 9.72. The summed E-state index contributed by atoms with van der Waals surface area (Å²) in [4.78, 5) is 15.9. The van der Waals surface area contributed by atoms with Gasteiger partial charge in [-0.3, -0.25) is 4.90 Å². The van der Waals surface area contributed by atoms with Crippen molar-refractivity contribution < 1.29 is 14.2 Å². The van der Waals surface area contributed by atoms with Crippen LogP contribution in [0.4, 0.5) is 16.0 Å². The first-order valence-electron chi connectivity index (χ1n) is 13.3. The summed E-state index contributed by atoms with van der Waals surface area (Å²) >= 11 is 0. The molecule has 0 unspecified atom stereocenters. The fourth-order valence-corrected chi connectivity index (χ4v) is 4.98. The number of hydrazine groups is 1. The Bertz CT molecular complexity index is 1300. The van der Waals surface area contributed by atoms with Gasteiger partial charge in [-0.15, -0.1) is 0 Å². The van der Waals surface area contributed by atoms with E-state index in [0.717, 1.165) is 37.4 Å². The van der Waals surface area contributed by atoms with Crippen molar-refractivity contribution in [2.75, 3.05) is 57.4 Å². The average molecular weight is 533 g/mol. The number of nitriles is 1. The Balaban J connectivity index is 1.46. The minimum absolute atomic E-state index is 0.135. The Morgan fingerprint density at radius 3 is 2.69 bits per heavy atom. The summed E-state index contributed by atoms with van der Waals surface area (Å²) in [6, 6.07) is 15.6. The van der Waals surface area contributed by atoms with Gasteiger partial charge in [0.1, 0.15) is 30.4 Å². The maximum absolute atomic E-state index is 14.4. The third-order valence-corrected chi connectivity index (χ3v) is 7.10. The summed E-state index contributed by atoms with van der Waals surface area (Å²) in [7, 11) is 0. The number of aliphatic hydroxyl groups excluding tert-OH is 1. The van der Waals surface area contributed by atoms with E-state index < -0.39 is 12.3 Å². The summed E-state index contributed by atoms with van der Waals surface area (Å²) in [6.45, 7) is 6.68. The molecule has 2 aromatic carbocycles. The maximum atomic E-state index is 14.4. The van der Waals surface area contributed by atoms with Gasteiger partial charge < -0.3 is 15.2 Å². The van der Waals surface area contributed by atoms with E-state index in [1.165, 1.54) is 6.33 Å². The van der Waals surface area contributed by atoms with E-state index in [4.69, 9.17) is 9.72 Å². The van der Waals surface area contributed by atoms with Gasteiger partial charge in [-0.25, -0.2) is 19.4 Å². The molecule has 2 fully saturated rings. The molecule has 11 heteroatoms. The number of aliphatic hydroxyl groups is 1. The molecule has 2 saturated heterocycles. The number of aromatic nitrogens is 3. The van der Waals surface area contributed by atoms with Crippen molar-refractivity contribution in [1.82, 2.24) is 30.2 Å². The van der Waals surface area contributed by atoms with E-state index in [-0.39, 0.29) is 13.2 Å². The lowest BCUT2D eigenvalue weighted by Gasteiger charge is -2.40. The van der Waals surface area contributed by atoms with Gasteiger partial charge in [0.05, 0.1) is 17.9 Å². The van der Waals surface area contributed by atoms with Crippen molar-refractivity contribution in [2.45, 2.75) is 25.6 Å². The first-order valence-corrected chi connectivity index (χ1v) is 13.3. The van der Waals surface area contributed by atoms with Gasteiger partial charge in [0, 0.05) is 44.8 Å². The molecule has 0 radical (unpaired) electrons. The predicted octanol–water partition coefficient (Wildman–Crippen LogP) is 2.46. The summed E-state index contributed by atoms with van der Waals surface area (Å²) in [6.07, 6.45) is 0.358. The molecule has 0 saturated carbocycles. The number of hydrogen-bond donors (Lipinski definition) is 2. The molecule has 5 rings (SSSR count). The van der Waals surface area contributed by atoms with Crippen LogP contribution in [0.3, 0.4) is 0 Å². The Morgan fingerprint density at radius 2 is 1.97 bits per heavy atom. The van der Waals surface area contributed by atoms with Crippen LogP contribution in [0.5, 0.6) is 5.75 Å². The monoisotopic (exact) mass is 532 g/mol. The molecule has 3 aromatic rings. The van der Waals surface area contributed by atoms with Crippen molar-refractivity contribution >= 4 is 11.6 Å². The van der Waals surface area contributed by atoms with Gasteiger partial charge in [-0.1, -0.05) is 18.2 Å². The van der Waals surface area contributed by atoms with Gasteiger partial charge in [0.25, 0.3) is 0 Å². The summed E-state index contributed by atoms with van der Waals surface area (Å²) in [5, 5.41) is 26.5. The van der Waals surface area contributed by atoms with E-state index in [0.29, 0.717) is 48.2 Å². The zero-order chi connectivity index (χ0) is 27.2. The van der Waals surface area contributed by atoms with Crippen LogP contribution in [0.1, 0.15) is 17.5 Å². The Hall–Kier alpha value is -3.69. The van der Waals surface area contributed by atoms with E-state index in [2.05, 4.69) is 31.3 Å². The smallest absolute Gasteiger partial charge is 0.248 e. The molecule has 204 valence electrons. The van der Waals surface area contributed by atoms with Crippen LogP contribution < -0.4 is 15.1 Å². The highest BCUT2D eigenvalue weighted by atomic mass is 19.1. The second kappa shape index (κ2) is 12.4. The van der Waals surface area contributed by atoms with E-state index in [1.54, 1.807) is 6.07 Å². The minimum Gasteiger partial charge on any atom is -0.487 e. The van der Waals surface area contributed by atoms with Gasteiger partial charge in [-0.05, 0) is 49.7 Å². The van der Waals surface area contributed by atoms with Crippen molar-refractivity contribution in [2.24, 2.45) is 0 Å². The maximum Gasteiger partial charge on any atom is 0.248 e. The van der Waals surface area contributed by atoms with Gasteiger partial charge in [-0.2, -0.15) is 15.2 Å². The molecule has 0 amide bonds. The molecule has 0 aliphatic carbocycles. The van der Waals surface area contributed by atoms with Crippen LogP contribution in [0.25, 0.3) is 11.4 Å². The summed E-state index contributed by atoms with van der Waals surface area (Å²) in [5.41, 5.74) is 2.60. The van der Waals surface area contributed by atoms with E-state index in [1.807, 2.05) is 48.3 Å². The first-order chi connectivity index (χ1) is 19.1. The average Bonchev–Trinajstić information content (AvgIpc) is 2.97. The molecular formula is C28H33FN8O2. The number of ether oxygens (including phenoxy) is 1. The Morgan fingerprint density at radius 1 is 1.18 bits per heavy atom. The Labute approximate surface area is 227 Å². The number of halogens is 1. The highest BCUT2D eigenvalue weighted by Gasteiger charge is 2.28. The lowest BCUT2D eigenvalue weighted by Crippen LogP contribution is -2.53. The number of anilines is 2. The highest BCUT2D eigenvalue weighted by molar-refractivity contribution is 5.69.